The molecule has 0 amide bonds. The molecule has 0 aliphatic carbocycles. The number of benzene rings is 1. The van der Waals surface area contributed by atoms with Gasteiger partial charge in [-0.2, -0.15) is 0 Å². The van der Waals surface area contributed by atoms with Gasteiger partial charge in [-0.3, -0.25) is 0 Å². The minimum absolute atomic E-state index is 0.331. The Bertz CT molecular complexity index is 244. The number of rotatable bonds is 1. The summed E-state index contributed by atoms with van der Waals surface area (Å²) in [5.41, 5.74) is 0.331. The van der Waals surface area contributed by atoms with Crippen LogP contribution in [0.2, 0.25) is 0 Å². The van der Waals surface area contributed by atoms with Crippen LogP contribution in [-0.2, 0) is 0 Å². The molecular weight excluding hydrogens is 147 g/mol. The molecule has 1 rings (SSSR count). The summed E-state index contributed by atoms with van der Waals surface area (Å²) in [5.74, 6) is -0.879. The van der Waals surface area contributed by atoms with E-state index >= 15 is 0 Å². The molecule has 0 aliphatic rings. The van der Waals surface area contributed by atoms with E-state index in [1.165, 1.54) is 0 Å². The van der Waals surface area contributed by atoms with Gasteiger partial charge in [-0.1, -0.05) is 18.2 Å². The second-order valence-electron chi connectivity index (χ2n) is 2.08. The van der Waals surface area contributed by atoms with Crippen molar-refractivity contribution < 1.29 is 9.90 Å². The number of carboxylic acid groups (broad SMARTS) is 1. The van der Waals surface area contributed by atoms with Gasteiger partial charge in [-0.25, -0.2) is 4.79 Å². The SMILES string of the molecule is O=C(O)c1ccccc1.[Li][CH]=C. The molecule has 1 N–H and O–H groups in total. The maximum atomic E-state index is 10.2. The van der Waals surface area contributed by atoms with Gasteiger partial charge in [0, 0.05) is 0 Å². The monoisotopic (exact) mass is 156 g/mol. The Balaban J connectivity index is 0.000000354. The molecule has 1 aromatic rings. The van der Waals surface area contributed by atoms with E-state index in [0.717, 1.165) is 0 Å². The summed E-state index contributed by atoms with van der Waals surface area (Å²) in [7, 11) is 0. The third-order valence-electron chi connectivity index (χ3n) is 1.02. The van der Waals surface area contributed by atoms with Crippen molar-refractivity contribution in [3.05, 3.63) is 47.2 Å². The molecule has 58 valence electrons. The van der Waals surface area contributed by atoms with Gasteiger partial charge in [0.05, 0.1) is 5.56 Å². The molecule has 3 heteroatoms. The van der Waals surface area contributed by atoms with Gasteiger partial charge in [0.15, 0.2) is 0 Å². The van der Waals surface area contributed by atoms with E-state index in [9.17, 15) is 4.79 Å². The average Bonchev–Trinajstić information content (AvgIpc) is 2.07. The van der Waals surface area contributed by atoms with Crippen LogP contribution in [0.3, 0.4) is 0 Å². The third-order valence-corrected chi connectivity index (χ3v) is 1.02. The van der Waals surface area contributed by atoms with E-state index in [2.05, 4.69) is 6.58 Å². The Hall–Kier alpha value is -0.973. The van der Waals surface area contributed by atoms with Crippen LogP contribution in [0.25, 0.3) is 0 Å². The van der Waals surface area contributed by atoms with Crippen molar-refractivity contribution in [3.63, 3.8) is 0 Å². The summed E-state index contributed by atoms with van der Waals surface area (Å²) in [6, 6.07) is 8.30. The Kier molecular flexibility index (Phi) is 6.18. The van der Waals surface area contributed by atoms with Gasteiger partial charge in [0.1, 0.15) is 0 Å². The van der Waals surface area contributed by atoms with Gasteiger partial charge in [-0.15, -0.1) is 0 Å². The predicted octanol–water partition coefficient (Wildman–Crippen LogP) is 1.68. The predicted molar refractivity (Wildman–Crippen MR) is 49.4 cm³/mol. The van der Waals surface area contributed by atoms with E-state index in [0.29, 0.717) is 5.56 Å². The first-order valence-corrected chi connectivity index (χ1v) is 3.57. The molecule has 12 heavy (non-hydrogen) atoms. The van der Waals surface area contributed by atoms with Crippen molar-refractivity contribution >= 4 is 23.7 Å². The molecule has 0 atom stereocenters. The van der Waals surface area contributed by atoms with Crippen molar-refractivity contribution in [2.45, 2.75) is 0 Å². The average molecular weight is 156 g/mol. The van der Waals surface area contributed by atoms with Gasteiger partial charge in [0.25, 0.3) is 0 Å². The van der Waals surface area contributed by atoms with E-state index in [-0.39, 0.29) is 0 Å². The quantitative estimate of drug-likeness (QED) is 0.628. The molecule has 0 saturated heterocycles. The van der Waals surface area contributed by atoms with Crippen LogP contribution in [-0.4, -0.2) is 28.8 Å². The van der Waals surface area contributed by atoms with E-state index in [1.807, 2.05) is 17.7 Å². The molecule has 0 fully saturated rings. The van der Waals surface area contributed by atoms with Crippen LogP contribution in [0, 0.1) is 0 Å². The van der Waals surface area contributed by atoms with Gasteiger partial charge < -0.3 is 5.11 Å². The molecule has 0 aromatic heterocycles. The third kappa shape index (κ3) is 4.78. The number of carbonyl (C=O) groups is 1. The standard InChI is InChI=1S/C7H6O2.C2H3.Li/c8-7(9)6-4-2-1-3-5-6;1-2;/h1-5H,(H,8,9);1H,2H2;. The summed E-state index contributed by atoms with van der Waals surface area (Å²) < 4.78 is 1.75. The minimum atomic E-state index is -0.879. The fraction of sp³-hybridized carbons (Fsp3) is 0. The number of hydrogen-bond acceptors (Lipinski definition) is 1. The molecule has 0 aliphatic heterocycles. The first-order valence-electron chi connectivity index (χ1n) is 3.57. The molecular formula is C9H9LiO2. The zero-order chi connectivity index (χ0) is 9.40. The zero-order valence-corrected chi connectivity index (χ0v) is 7.03. The Labute approximate surface area is 81.1 Å². The molecule has 0 heterocycles. The van der Waals surface area contributed by atoms with E-state index < -0.39 is 5.97 Å². The summed E-state index contributed by atoms with van der Waals surface area (Å²) in [4.78, 5) is 10.2. The fourth-order valence-electron chi connectivity index (χ4n) is 0.581. The maximum absolute atomic E-state index is 10.2. The number of hydrogen-bond donors (Lipinski definition) is 1. The Morgan fingerprint density at radius 1 is 1.42 bits per heavy atom. The van der Waals surface area contributed by atoms with Crippen molar-refractivity contribution in [2.24, 2.45) is 0 Å². The second kappa shape index (κ2) is 6.72. The number of carboxylic acids is 1. The van der Waals surface area contributed by atoms with Crippen LogP contribution in [0.15, 0.2) is 41.7 Å². The first kappa shape index (κ1) is 11.0. The molecule has 0 saturated carbocycles. The topological polar surface area (TPSA) is 37.3 Å². The molecule has 2 nitrogen and oxygen atoms in total. The van der Waals surface area contributed by atoms with Gasteiger partial charge in [0.2, 0.25) is 0 Å². The summed E-state index contributed by atoms with van der Waals surface area (Å²) in [6.45, 7) is 3.36. The fourth-order valence-corrected chi connectivity index (χ4v) is 0.581. The van der Waals surface area contributed by atoms with Crippen LogP contribution < -0.4 is 0 Å². The van der Waals surface area contributed by atoms with Crippen molar-refractivity contribution in [1.82, 2.24) is 0 Å². The Morgan fingerprint density at radius 2 is 1.83 bits per heavy atom. The van der Waals surface area contributed by atoms with Crippen molar-refractivity contribution in [3.8, 4) is 0 Å². The van der Waals surface area contributed by atoms with Crippen LogP contribution >= 0.6 is 0 Å². The zero-order valence-electron chi connectivity index (χ0n) is 7.03. The molecule has 0 spiro atoms. The molecule has 0 radical (unpaired) electrons. The first-order chi connectivity index (χ1) is 5.72. The second-order valence-corrected chi connectivity index (χ2v) is 2.08. The summed E-state index contributed by atoms with van der Waals surface area (Å²) >= 11 is 1.89. The summed E-state index contributed by atoms with van der Waals surface area (Å²) in [6.07, 6.45) is 0. The van der Waals surface area contributed by atoms with Crippen LogP contribution in [0.4, 0.5) is 0 Å². The van der Waals surface area contributed by atoms with Crippen LogP contribution in [0.1, 0.15) is 10.4 Å². The summed E-state index contributed by atoms with van der Waals surface area (Å²) in [5, 5.41) is 8.38. The van der Waals surface area contributed by atoms with Crippen molar-refractivity contribution in [2.75, 3.05) is 0 Å². The van der Waals surface area contributed by atoms with Crippen molar-refractivity contribution in [1.29, 1.82) is 0 Å². The normalized spacial score (nSPS) is 7.83. The van der Waals surface area contributed by atoms with Gasteiger partial charge in [-0.05, 0) is 12.1 Å². The Morgan fingerprint density at radius 3 is 2.08 bits per heavy atom. The van der Waals surface area contributed by atoms with Crippen LogP contribution in [0.5, 0.6) is 0 Å². The van der Waals surface area contributed by atoms with E-state index in [1.54, 1.807) is 35.1 Å². The molecule has 1 aromatic carbocycles. The number of aromatic carboxylic acids is 1. The molecule has 0 bridgehead atoms. The van der Waals surface area contributed by atoms with Gasteiger partial charge >= 0.3 is 35.0 Å². The van der Waals surface area contributed by atoms with E-state index in [4.69, 9.17) is 5.11 Å². The molecule has 0 unspecified atom stereocenters.